The van der Waals surface area contributed by atoms with Gasteiger partial charge in [0.1, 0.15) is 5.75 Å². The van der Waals surface area contributed by atoms with Gasteiger partial charge in [0.25, 0.3) is 0 Å². The lowest BCUT2D eigenvalue weighted by Gasteiger charge is -2.12. The third-order valence-electron chi connectivity index (χ3n) is 1.86. The molecule has 71 valence electrons. The van der Waals surface area contributed by atoms with Crippen LogP contribution in [0.15, 0.2) is 18.2 Å². The molecule has 1 aromatic carbocycles. The van der Waals surface area contributed by atoms with Gasteiger partial charge in [0, 0.05) is 16.5 Å². The zero-order valence-electron chi connectivity index (χ0n) is 7.67. The Bertz CT molecular complexity index is 286. The minimum Gasteiger partial charge on any atom is -0.496 e. The molecule has 0 fully saturated rings. The van der Waals surface area contributed by atoms with Crippen LogP contribution in [0.25, 0.3) is 0 Å². The van der Waals surface area contributed by atoms with Crippen molar-refractivity contribution in [3.05, 3.63) is 34.7 Å². The molecule has 0 saturated heterocycles. The molecule has 1 aromatic rings. The zero-order chi connectivity index (χ0) is 9.84. The van der Waals surface area contributed by atoms with Gasteiger partial charge in [-0.25, -0.2) is 0 Å². The Morgan fingerprint density at radius 2 is 2.23 bits per heavy atom. The highest BCUT2D eigenvalue weighted by atomic mass is 35.5. The van der Waals surface area contributed by atoms with E-state index in [4.69, 9.17) is 21.4 Å². The van der Waals surface area contributed by atoms with Gasteiger partial charge in [-0.05, 0) is 18.2 Å². The van der Waals surface area contributed by atoms with Gasteiger partial charge >= 0.3 is 0 Å². The van der Waals surface area contributed by atoms with E-state index in [-0.39, 0.29) is 6.61 Å². The molecule has 0 aliphatic carbocycles. The van der Waals surface area contributed by atoms with Crippen molar-refractivity contribution in [2.45, 2.75) is 6.92 Å². The number of ether oxygens (including phenoxy) is 1. The molecular formula is C10H12ClO2. The molecule has 13 heavy (non-hydrogen) atoms. The van der Waals surface area contributed by atoms with Crippen LogP contribution >= 0.6 is 11.6 Å². The van der Waals surface area contributed by atoms with Crippen molar-refractivity contribution in [2.75, 3.05) is 13.7 Å². The van der Waals surface area contributed by atoms with Crippen molar-refractivity contribution in [2.24, 2.45) is 0 Å². The first-order valence-corrected chi connectivity index (χ1v) is 4.34. The number of aliphatic hydroxyl groups is 1. The van der Waals surface area contributed by atoms with Gasteiger partial charge in [-0.3, -0.25) is 0 Å². The van der Waals surface area contributed by atoms with E-state index in [2.05, 4.69) is 0 Å². The van der Waals surface area contributed by atoms with E-state index in [0.717, 1.165) is 17.2 Å². The van der Waals surface area contributed by atoms with Gasteiger partial charge in [0.2, 0.25) is 0 Å². The summed E-state index contributed by atoms with van der Waals surface area (Å²) in [6.45, 7) is 1.85. The van der Waals surface area contributed by atoms with Crippen LogP contribution in [0.1, 0.15) is 12.5 Å². The average Bonchev–Trinajstić information content (AvgIpc) is 2.16. The summed E-state index contributed by atoms with van der Waals surface area (Å²) in [5.74, 6) is 1.58. The number of rotatable bonds is 3. The molecule has 1 N–H and O–H groups in total. The van der Waals surface area contributed by atoms with Crippen LogP contribution in [0.4, 0.5) is 0 Å². The van der Waals surface area contributed by atoms with E-state index in [0.29, 0.717) is 5.02 Å². The van der Waals surface area contributed by atoms with Crippen molar-refractivity contribution in [1.82, 2.24) is 0 Å². The number of hydrogen-bond donors (Lipinski definition) is 1. The molecule has 0 unspecified atom stereocenters. The number of aliphatic hydroxyl groups excluding tert-OH is 1. The Balaban J connectivity index is 3.07. The van der Waals surface area contributed by atoms with E-state index < -0.39 is 0 Å². The van der Waals surface area contributed by atoms with Gasteiger partial charge in [-0.2, -0.15) is 0 Å². The van der Waals surface area contributed by atoms with Gasteiger partial charge < -0.3 is 9.84 Å². The van der Waals surface area contributed by atoms with E-state index in [1.54, 1.807) is 25.3 Å². The molecule has 1 radical (unpaired) electrons. The number of hydrogen-bond acceptors (Lipinski definition) is 2. The molecule has 2 nitrogen and oxygen atoms in total. The van der Waals surface area contributed by atoms with Gasteiger partial charge in [-0.1, -0.05) is 18.5 Å². The first kappa shape index (κ1) is 10.4. The lowest BCUT2D eigenvalue weighted by Crippen LogP contribution is -2.02. The summed E-state index contributed by atoms with van der Waals surface area (Å²) in [5.41, 5.74) is 0.859. The molecule has 0 aliphatic heterocycles. The smallest absolute Gasteiger partial charge is 0.122 e. The normalized spacial score (nSPS) is 10.5. The maximum Gasteiger partial charge on any atom is 0.122 e. The molecule has 0 atom stereocenters. The third-order valence-corrected chi connectivity index (χ3v) is 2.09. The van der Waals surface area contributed by atoms with Crippen LogP contribution in [-0.4, -0.2) is 18.8 Å². The number of methoxy groups -OCH3 is 1. The lowest BCUT2D eigenvalue weighted by atomic mass is 10.0. The minimum absolute atomic E-state index is 0.0106. The van der Waals surface area contributed by atoms with Crippen LogP contribution in [0.3, 0.4) is 0 Å². The van der Waals surface area contributed by atoms with Crippen LogP contribution < -0.4 is 4.74 Å². The van der Waals surface area contributed by atoms with Crippen LogP contribution in [-0.2, 0) is 0 Å². The number of benzene rings is 1. The molecule has 0 saturated carbocycles. The minimum atomic E-state index is 0.0106. The predicted octanol–water partition coefficient (Wildman–Crippen LogP) is 2.28. The monoisotopic (exact) mass is 199 g/mol. The Morgan fingerprint density at radius 1 is 1.54 bits per heavy atom. The Labute approximate surface area is 83.1 Å². The Morgan fingerprint density at radius 3 is 2.77 bits per heavy atom. The lowest BCUT2D eigenvalue weighted by molar-refractivity contribution is 0.312. The van der Waals surface area contributed by atoms with Crippen molar-refractivity contribution in [3.63, 3.8) is 0 Å². The highest BCUT2D eigenvalue weighted by Crippen LogP contribution is 2.28. The molecule has 0 amide bonds. The van der Waals surface area contributed by atoms with Gasteiger partial charge in [0.15, 0.2) is 0 Å². The fraction of sp³-hybridized carbons (Fsp3) is 0.300. The molecule has 0 bridgehead atoms. The molecule has 0 aromatic heterocycles. The van der Waals surface area contributed by atoms with E-state index in [9.17, 15) is 0 Å². The summed E-state index contributed by atoms with van der Waals surface area (Å²) in [6, 6.07) is 5.33. The second kappa shape index (κ2) is 4.49. The number of halogens is 1. The molecular weight excluding hydrogens is 188 g/mol. The summed E-state index contributed by atoms with van der Waals surface area (Å²) in [7, 11) is 1.59. The maximum absolute atomic E-state index is 8.96. The SMILES string of the molecule is COc1ccc(Cl)cc1[C](C)CO. The van der Waals surface area contributed by atoms with Crippen LogP contribution in [0.5, 0.6) is 5.75 Å². The van der Waals surface area contributed by atoms with Crippen LogP contribution in [0.2, 0.25) is 5.02 Å². The van der Waals surface area contributed by atoms with E-state index in [1.165, 1.54) is 0 Å². The standard InChI is InChI=1S/C10H12ClO2/c1-7(6-12)9-5-8(11)3-4-10(9)13-2/h3-5,12H,6H2,1-2H3. The highest BCUT2D eigenvalue weighted by molar-refractivity contribution is 6.30. The fourth-order valence-electron chi connectivity index (χ4n) is 1.10. The molecule has 0 heterocycles. The van der Waals surface area contributed by atoms with Crippen LogP contribution in [0, 0.1) is 5.92 Å². The van der Waals surface area contributed by atoms with Gasteiger partial charge in [0.05, 0.1) is 13.7 Å². The van der Waals surface area contributed by atoms with Crippen molar-refractivity contribution in [1.29, 1.82) is 0 Å². The quantitative estimate of drug-likeness (QED) is 0.810. The highest BCUT2D eigenvalue weighted by Gasteiger charge is 2.11. The Hall–Kier alpha value is -0.730. The third kappa shape index (κ3) is 2.36. The summed E-state index contributed by atoms with van der Waals surface area (Å²) < 4.78 is 5.13. The second-order valence-corrected chi connectivity index (χ2v) is 3.22. The van der Waals surface area contributed by atoms with Crippen molar-refractivity contribution in [3.8, 4) is 5.75 Å². The molecule has 3 heteroatoms. The fourth-order valence-corrected chi connectivity index (χ4v) is 1.27. The largest absolute Gasteiger partial charge is 0.496 e. The predicted molar refractivity (Wildman–Crippen MR) is 53.1 cm³/mol. The van der Waals surface area contributed by atoms with E-state index in [1.807, 2.05) is 6.92 Å². The first-order chi connectivity index (χ1) is 6.19. The zero-order valence-corrected chi connectivity index (χ0v) is 8.43. The molecule has 0 aliphatic rings. The topological polar surface area (TPSA) is 29.5 Å². The van der Waals surface area contributed by atoms with Gasteiger partial charge in [-0.15, -0.1) is 0 Å². The second-order valence-electron chi connectivity index (χ2n) is 2.78. The van der Waals surface area contributed by atoms with Crippen molar-refractivity contribution < 1.29 is 9.84 Å². The molecule has 1 rings (SSSR count). The summed E-state index contributed by atoms with van der Waals surface area (Å²) in [6.07, 6.45) is 0. The summed E-state index contributed by atoms with van der Waals surface area (Å²) in [4.78, 5) is 0. The first-order valence-electron chi connectivity index (χ1n) is 3.96. The Kier molecular flexibility index (Phi) is 3.58. The summed E-state index contributed by atoms with van der Waals surface area (Å²) in [5, 5.41) is 9.61. The molecule has 0 spiro atoms. The average molecular weight is 200 g/mol. The maximum atomic E-state index is 8.96. The van der Waals surface area contributed by atoms with Crippen molar-refractivity contribution >= 4 is 11.6 Å². The van der Waals surface area contributed by atoms with E-state index >= 15 is 0 Å². The summed E-state index contributed by atoms with van der Waals surface area (Å²) >= 11 is 5.82.